The Morgan fingerprint density at radius 2 is 1.70 bits per heavy atom. The van der Waals surface area contributed by atoms with Crippen LogP contribution in [0.5, 0.6) is 0 Å². The Morgan fingerprint density at radius 3 is 2.15 bits per heavy atom. The highest BCUT2D eigenvalue weighted by atomic mass is 32.2. The monoisotopic (exact) mass is 314 g/mol. The SMILES string of the molecule is O=C(OCC1C2CCC(CC2)C1O)C(F)(F)S(=O)(=O)O. The van der Waals surface area contributed by atoms with E-state index in [-0.39, 0.29) is 11.8 Å². The summed E-state index contributed by atoms with van der Waals surface area (Å²) in [6, 6.07) is 0. The van der Waals surface area contributed by atoms with Crippen molar-refractivity contribution in [2.45, 2.75) is 37.0 Å². The highest BCUT2D eigenvalue weighted by Gasteiger charge is 2.54. The van der Waals surface area contributed by atoms with Crippen LogP contribution in [0.15, 0.2) is 0 Å². The van der Waals surface area contributed by atoms with Crippen molar-refractivity contribution in [2.75, 3.05) is 6.61 Å². The van der Waals surface area contributed by atoms with Gasteiger partial charge >= 0.3 is 21.3 Å². The molecule has 0 amide bonds. The van der Waals surface area contributed by atoms with E-state index in [0.717, 1.165) is 25.7 Å². The van der Waals surface area contributed by atoms with Crippen molar-refractivity contribution in [3.8, 4) is 0 Å². The van der Waals surface area contributed by atoms with Crippen LogP contribution in [0.25, 0.3) is 0 Å². The van der Waals surface area contributed by atoms with Crippen LogP contribution in [-0.2, 0) is 19.6 Å². The second-order valence-electron chi connectivity index (χ2n) is 5.42. The van der Waals surface area contributed by atoms with Crippen LogP contribution in [0.2, 0.25) is 0 Å². The Morgan fingerprint density at radius 1 is 1.20 bits per heavy atom. The van der Waals surface area contributed by atoms with E-state index in [0.29, 0.717) is 0 Å². The third-order valence-electron chi connectivity index (χ3n) is 4.31. The van der Waals surface area contributed by atoms with Crippen molar-refractivity contribution >= 4 is 16.1 Å². The summed E-state index contributed by atoms with van der Waals surface area (Å²) in [6.45, 7) is -0.466. The van der Waals surface area contributed by atoms with E-state index in [1.54, 1.807) is 0 Å². The average Bonchev–Trinajstić information content (AvgIpc) is 2.37. The van der Waals surface area contributed by atoms with E-state index < -0.39 is 40.0 Å². The first kappa shape index (κ1) is 15.6. The number of hydrogen-bond acceptors (Lipinski definition) is 5. The third kappa shape index (κ3) is 2.66. The van der Waals surface area contributed by atoms with E-state index in [1.807, 2.05) is 0 Å². The van der Waals surface area contributed by atoms with Crippen molar-refractivity contribution in [3.05, 3.63) is 0 Å². The number of aliphatic hydroxyl groups excluding tert-OH is 1. The normalized spacial score (nSPS) is 34.0. The summed E-state index contributed by atoms with van der Waals surface area (Å²) in [5.74, 6) is -2.61. The summed E-state index contributed by atoms with van der Waals surface area (Å²) in [5.41, 5.74) is 0. The fourth-order valence-corrected chi connectivity index (χ4v) is 3.41. The minimum atomic E-state index is -5.85. The van der Waals surface area contributed by atoms with Crippen molar-refractivity contribution in [1.82, 2.24) is 0 Å². The highest BCUT2D eigenvalue weighted by molar-refractivity contribution is 7.87. The van der Waals surface area contributed by atoms with Gasteiger partial charge in [-0.2, -0.15) is 17.2 Å². The molecule has 2 bridgehead atoms. The predicted octanol–water partition coefficient (Wildman–Crippen LogP) is 0.807. The molecule has 0 aromatic rings. The molecule has 2 unspecified atom stereocenters. The van der Waals surface area contributed by atoms with Crippen LogP contribution in [0.3, 0.4) is 0 Å². The van der Waals surface area contributed by atoms with E-state index in [2.05, 4.69) is 4.74 Å². The lowest BCUT2D eigenvalue weighted by Gasteiger charge is -2.45. The van der Waals surface area contributed by atoms with Crippen LogP contribution in [0, 0.1) is 17.8 Å². The molecule has 20 heavy (non-hydrogen) atoms. The molecule has 3 fully saturated rings. The molecule has 2 atom stereocenters. The summed E-state index contributed by atoms with van der Waals surface area (Å²) >= 11 is 0. The van der Waals surface area contributed by atoms with Gasteiger partial charge in [-0.25, -0.2) is 4.79 Å². The molecular formula is C11H16F2O6S. The standard InChI is InChI=1S/C11H16F2O6S/c12-11(13,20(16,17)18)10(15)19-5-8-6-1-3-7(4-2-6)9(8)14/h6-9,14H,1-5H2,(H,16,17,18). The Labute approximate surface area is 114 Å². The number of carbonyl (C=O) groups is 1. The highest BCUT2D eigenvalue weighted by Crippen LogP contribution is 2.45. The van der Waals surface area contributed by atoms with Crippen LogP contribution >= 0.6 is 0 Å². The molecule has 0 spiro atoms. The molecule has 3 rings (SSSR count). The second kappa shape index (κ2) is 5.19. The second-order valence-corrected chi connectivity index (χ2v) is 6.88. The number of rotatable bonds is 4. The minimum absolute atomic E-state index is 0.0748. The van der Waals surface area contributed by atoms with Crippen LogP contribution < -0.4 is 0 Å². The quantitative estimate of drug-likeness (QED) is 0.588. The summed E-state index contributed by atoms with van der Waals surface area (Å²) in [7, 11) is -5.85. The molecular weight excluding hydrogens is 298 g/mol. The largest absolute Gasteiger partial charge is 0.465 e. The number of halogens is 2. The summed E-state index contributed by atoms with van der Waals surface area (Å²) in [4.78, 5) is 11.1. The number of hydrogen-bond donors (Lipinski definition) is 2. The summed E-state index contributed by atoms with van der Waals surface area (Å²) in [6.07, 6.45) is 2.65. The molecule has 3 saturated carbocycles. The lowest BCUT2D eigenvalue weighted by molar-refractivity contribution is -0.168. The fraction of sp³-hybridized carbons (Fsp3) is 0.909. The first-order chi connectivity index (χ1) is 9.14. The topological polar surface area (TPSA) is 101 Å². The maximum Gasteiger partial charge on any atom is 0.465 e. The number of esters is 1. The Balaban J connectivity index is 1.97. The smallest absolute Gasteiger partial charge is 0.460 e. The number of fused-ring (bicyclic) bond motifs is 3. The van der Waals surface area contributed by atoms with Crippen LogP contribution in [-0.4, -0.2) is 42.0 Å². The van der Waals surface area contributed by atoms with Gasteiger partial charge in [0.15, 0.2) is 0 Å². The van der Waals surface area contributed by atoms with E-state index in [9.17, 15) is 27.1 Å². The minimum Gasteiger partial charge on any atom is -0.460 e. The van der Waals surface area contributed by atoms with Crippen molar-refractivity contribution < 1.29 is 36.4 Å². The average molecular weight is 314 g/mol. The predicted molar refractivity (Wildman–Crippen MR) is 62.4 cm³/mol. The molecule has 2 N–H and O–H groups in total. The molecule has 3 aliphatic carbocycles. The maximum atomic E-state index is 13.0. The third-order valence-corrected chi connectivity index (χ3v) is 5.13. The summed E-state index contributed by atoms with van der Waals surface area (Å²) in [5, 5.41) is 5.01. The van der Waals surface area contributed by atoms with Gasteiger partial charge in [0.1, 0.15) is 0 Å². The molecule has 3 aliphatic rings. The van der Waals surface area contributed by atoms with Gasteiger partial charge in [0, 0.05) is 5.92 Å². The van der Waals surface area contributed by atoms with Crippen molar-refractivity contribution in [2.24, 2.45) is 17.8 Å². The number of ether oxygens (including phenoxy) is 1. The summed E-state index contributed by atoms with van der Waals surface area (Å²) < 4.78 is 59.4. The van der Waals surface area contributed by atoms with Crippen molar-refractivity contribution in [1.29, 1.82) is 0 Å². The van der Waals surface area contributed by atoms with Gasteiger partial charge in [0.25, 0.3) is 0 Å². The Kier molecular flexibility index (Phi) is 4.05. The molecule has 0 aliphatic heterocycles. The van der Waals surface area contributed by atoms with Gasteiger partial charge in [-0.05, 0) is 37.5 Å². The van der Waals surface area contributed by atoms with Gasteiger partial charge in [-0.15, -0.1) is 0 Å². The zero-order chi connectivity index (χ0) is 15.1. The van der Waals surface area contributed by atoms with E-state index in [4.69, 9.17) is 4.55 Å². The van der Waals surface area contributed by atoms with E-state index in [1.165, 1.54) is 0 Å². The molecule has 6 nitrogen and oxygen atoms in total. The first-order valence-electron chi connectivity index (χ1n) is 6.34. The Bertz CT molecular complexity index is 481. The fourth-order valence-electron chi connectivity index (χ4n) is 3.14. The first-order valence-corrected chi connectivity index (χ1v) is 7.78. The number of carbonyl (C=O) groups excluding carboxylic acids is 1. The molecule has 9 heteroatoms. The zero-order valence-corrected chi connectivity index (χ0v) is 11.4. The lowest BCUT2D eigenvalue weighted by Crippen LogP contribution is -2.47. The molecule has 0 radical (unpaired) electrons. The molecule has 116 valence electrons. The van der Waals surface area contributed by atoms with Crippen LogP contribution in [0.4, 0.5) is 8.78 Å². The molecule has 0 aromatic carbocycles. The van der Waals surface area contributed by atoms with E-state index >= 15 is 0 Å². The molecule has 0 saturated heterocycles. The maximum absolute atomic E-state index is 13.0. The van der Waals surface area contributed by atoms with Gasteiger partial charge < -0.3 is 9.84 Å². The van der Waals surface area contributed by atoms with Gasteiger partial charge in [0.2, 0.25) is 0 Å². The van der Waals surface area contributed by atoms with Gasteiger partial charge in [-0.1, -0.05) is 0 Å². The van der Waals surface area contributed by atoms with Gasteiger partial charge in [0.05, 0.1) is 12.7 Å². The van der Waals surface area contributed by atoms with Gasteiger partial charge in [-0.3, -0.25) is 4.55 Å². The van der Waals surface area contributed by atoms with Crippen molar-refractivity contribution in [3.63, 3.8) is 0 Å². The molecule has 0 aromatic heterocycles. The molecule has 0 heterocycles. The number of alkyl halides is 2. The zero-order valence-electron chi connectivity index (χ0n) is 10.5. The number of aliphatic hydroxyl groups is 1. The lowest BCUT2D eigenvalue weighted by atomic mass is 9.63. The Hall–Kier alpha value is -0.800. The van der Waals surface area contributed by atoms with Crippen LogP contribution in [0.1, 0.15) is 25.7 Å².